The minimum atomic E-state index is -3.88. The molecule has 0 saturated carbocycles. The van der Waals surface area contributed by atoms with Crippen LogP contribution in [-0.4, -0.2) is 27.2 Å². The smallest absolute Gasteiger partial charge is 0.381 e. The fourth-order valence-corrected chi connectivity index (χ4v) is 2.70. The molecule has 9 heteroatoms. The topological polar surface area (TPSA) is 67.2 Å². The molecule has 130 valence electrons. The van der Waals surface area contributed by atoms with Gasteiger partial charge in [0.15, 0.2) is 5.82 Å². The lowest BCUT2D eigenvalue weighted by atomic mass is 9.92. The number of aromatic nitrogens is 2. The zero-order valence-corrected chi connectivity index (χ0v) is 14.4. The number of aryl methyl sites for hydroxylation is 1. The number of hydrogen-bond donors (Lipinski definition) is 2. The maximum atomic E-state index is 14.4. The molecule has 0 fully saturated rings. The Balaban J connectivity index is 2.35. The number of halogens is 4. The van der Waals surface area contributed by atoms with Crippen LogP contribution in [0.2, 0.25) is 10.0 Å². The summed E-state index contributed by atoms with van der Waals surface area (Å²) >= 11 is 11.8. The van der Waals surface area contributed by atoms with Crippen LogP contribution in [0.5, 0.6) is 0 Å². The average Bonchev–Trinajstić information content (AvgIpc) is 2.92. The van der Waals surface area contributed by atoms with Crippen molar-refractivity contribution in [3.8, 4) is 0 Å². The third kappa shape index (κ3) is 3.53. The molecule has 0 saturated heterocycles. The lowest BCUT2D eigenvalue weighted by molar-refractivity contribution is -0.151. The van der Waals surface area contributed by atoms with E-state index in [0.717, 1.165) is 4.57 Å². The van der Waals surface area contributed by atoms with Crippen LogP contribution < -0.4 is 5.32 Å². The summed E-state index contributed by atoms with van der Waals surface area (Å²) in [4.78, 5) is 15.7. The molecule has 1 amide bonds. The summed E-state index contributed by atoms with van der Waals surface area (Å²) in [5.41, 5.74) is -1.20. The number of hydrogen-bond acceptors (Lipinski definition) is 3. The number of nitrogens with zero attached hydrogens (tertiary/aromatic N) is 2. The summed E-state index contributed by atoms with van der Waals surface area (Å²) in [6, 6.07) is 4.32. The highest BCUT2D eigenvalue weighted by Gasteiger charge is 2.47. The molecule has 0 aliphatic rings. The first-order valence-electron chi connectivity index (χ1n) is 6.86. The molecule has 24 heavy (non-hydrogen) atoms. The Labute approximate surface area is 147 Å². The van der Waals surface area contributed by atoms with Crippen molar-refractivity contribution < 1.29 is 18.7 Å². The Morgan fingerprint density at radius 1 is 1.33 bits per heavy atom. The molecule has 2 rings (SSSR count). The Hall–Kier alpha value is -1.70. The van der Waals surface area contributed by atoms with Crippen molar-refractivity contribution in [1.82, 2.24) is 14.9 Å². The van der Waals surface area contributed by atoms with Crippen molar-refractivity contribution in [3.63, 3.8) is 0 Å². The number of amides is 1. The van der Waals surface area contributed by atoms with E-state index in [1.54, 1.807) is 0 Å². The maximum Gasteiger partial charge on any atom is 0.381 e. The van der Waals surface area contributed by atoms with Gasteiger partial charge >= 0.3 is 5.92 Å². The minimum Gasteiger partial charge on any atom is -0.394 e. The van der Waals surface area contributed by atoms with E-state index in [2.05, 4.69) is 10.3 Å². The first-order valence-corrected chi connectivity index (χ1v) is 7.61. The summed E-state index contributed by atoms with van der Waals surface area (Å²) < 4.78 is 29.8. The van der Waals surface area contributed by atoms with Gasteiger partial charge in [-0.1, -0.05) is 23.2 Å². The highest BCUT2D eigenvalue weighted by atomic mass is 35.5. The second kappa shape index (κ2) is 6.66. The molecule has 1 aromatic carbocycles. The van der Waals surface area contributed by atoms with E-state index in [0.29, 0.717) is 5.56 Å². The van der Waals surface area contributed by atoms with E-state index in [4.69, 9.17) is 23.2 Å². The van der Waals surface area contributed by atoms with Crippen LogP contribution in [0.1, 0.15) is 18.3 Å². The molecule has 0 aliphatic heterocycles. The fraction of sp³-hybridized carbons (Fsp3) is 0.333. The van der Waals surface area contributed by atoms with Gasteiger partial charge in [-0.3, -0.25) is 4.79 Å². The zero-order chi connectivity index (χ0) is 18.1. The van der Waals surface area contributed by atoms with Gasteiger partial charge in [0.25, 0.3) is 5.91 Å². The van der Waals surface area contributed by atoms with Gasteiger partial charge in [0.1, 0.15) is 0 Å². The quantitative estimate of drug-likeness (QED) is 0.841. The van der Waals surface area contributed by atoms with E-state index in [9.17, 15) is 18.7 Å². The first kappa shape index (κ1) is 18.6. The molecule has 1 aromatic heterocycles. The summed E-state index contributed by atoms with van der Waals surface area (Å²) in [5, 5.41) is 12.3. The van der Waals surface area contributed by atoms with Crippen LogP contribution in [0.25, 0.3) is 0 Å². The van der Waals surface area contributed by atoms with Crippen molar-refractivity contribution in [2.75, 3.05) is 6.61 Å². The summed E-state index contributed by atoms with van der Waals surface area (Å²) in [7, 11) is 1.35. The van der Waals surface area contributed by atoms with Gasteiger partial charge in [-0.25, -0.2) is 4.98 Å². The number of imidazole rings is 1. The van der Waals surface area contributed by atoms with Crippen molar-refractivity contribution in [2.24, 2.45) is 7.05 Å². The number of aliphatic hydroxyl groups excluding tert-OH is 1. The standard InChI is InChI=1S/C15H15Cl2F2N3O2/c1-14(8-23,9-5-10(16)7-11(17)6-9)21-13(24)15(18,19)12-20-3-4-22(12)2/h3-7,23H,8H2,1-2H3,(H,21,24). The van der Waals surface area contributed by atoms with Crippen molar-refractivity contribution in [3.05, 3.63) is 52.0 Å². The lowest BCUT2D eigenvalue weighted by Gasteiger charge is -2.31. The van der Waals surface area contributed by atoms with E-state index < -0.39 is 29.8 Å². The molecule has 1 atom stereocenters. The van der Waals surface area contributed by atoms with E-state index in [-0.39, 0.29) is 10.0 Å². The monoisotopic (exact) mass is 377 g/mol. The van der Waals surface area contributed by atoms with Crippen LogP contribution in [-0.2, 0) is 23.3 Å². The Bertz CT molecular complexity index is 747. The summed E-state index contributed by atoms with van der Waals surface area (Å²) in [6.07, 6.45) is 2.47. The molecule has 0 bridgehead atoms. The van der Waals surface area contributed by atoms with Gasteiger partial charge in [0.05, 0.1) is 12.1 Å². The lowest BCUT2D eigenvalue weighted by Crippen LogP contribution is -2.51. The summed E-state index contributed by atoms with van der Waals surface area (Å²) in [6.45, 7) is 0.757. The van der Waals surface area contributed by atoms with Gasteiger partial charge in [-0.05, 0) is 30.7 Å². The SMILES string of the molecule is Cn1ccnc1C(F)(F)C(=O)NC(C)(CO)c1cc(Cl)cc(Cl)c1. The Morgan fingerprint density at radius 3 is 2.38 bits per heavy atom. The number of carbonyl (C=O) groups is 1. The van der Waals surface area contributed by atoms with Gasteiger partial charge in [-0.2, -0.15) is 8.78 Å². The molecule has 2 aromatic rings. The normalized spacial score (nSPS) is 14.3. The van der Waals surface area contributed by atoms with Gasteiger partial charge < -0.3 is 15.0 Å². The van der Waals surface area contributed by atoms with Crippen LogP contribution in [0.3, 0.4) is 0 Å². The number of nitrogens with one attached hydrogen (secondary N) is 1. The van der Waals surface area contributed by atoms with Crippen molar-refractivity contribution in [1.29, 1.82) is 0 Å². The maximum absolute atomic E-state index is 14.4. The zero-order valence-electron chi connectivity index (χ0n) is 12.9. The molecule has 5 nitrogen and oxygen atoms in total. The predicted octanol–water partition coefficient (Wildman–Crippen LogP) is 2.84. The average molecular weight is 378 g/mol. The van der Waals surface area contributed by atoms with Crippen LogP contribution >= 0.6 is 23.2 Å². The highest BCUT2D eigenvalue weighted by Crippen LogP contribution is 2.31. The molecule has 1 heterocycles. The second-order valence-corrected chi connectivity index (χ2v) is 6.41. The predicted molar refractivity (Wildman–Crippen MR) is 86.1 cm³/mol. The van der Waals surface area contributed by atoms with Gasteiger partial charge in [0, 0.05) is 29.5 Å². The first-order chi connectivity index (χ1) is 11.1. The molecule has 2 N–H and O–H groups in total. The molecule has 0 spiro atoms. The number of alkyl halides is 2. The number of aliphatic hydroxyl groups is 1. The van der Waals surface area contributed by atoms with Crippen molar-refractivity contribution in [2.45, 2.75) is 18.4 Å². The Morgan fingerprint density at radius 2 is 1.92 bits per heavy atom. The minimum absolute atomic E-state index is 0.252. The van der Waals surface area contributed by atoms with Crippen LogP contribution in [0.4, 0.5) is 8.78 Å². The number of carbonyl (C=O) groups excluding carboxylic acids is 1. The van der Waals surface area contributed by atoms with Gasteiger partial charge in [-0.15, -0.1) is 0 Å². The van der Waals surface area contributed by atoms with E-state index in [1.165, 1.54) is 44.6 Å². The molecule has 1 unspecified atom stereocenters. The third-order valence-corrected chi connectivity index (χ3v) is 4.03. The molecule has 0 aliphatic carbocycles. The van der Waals surface area contributed by atoms with Crippen molar-refractivity contribution >= 4 is 29.1 Å². The van der Waals surface area contributed by atoms with E-state index >= 15 is 0 Å². The number of rotatable bonds is 5. The van der Waals surface area contributed by atoms with Crippen LogP contribution in [0.15, 0.2) is 30.6 Å². The van der Waals surface area contributed by atoms with Gasteiger partial charge in [0.2, 0.25) is 0 Å². The third-order valence-electron chi connectivity index (χ3n) is 3.59. The second-order valence-electron chi connectivity index (χ2n) is 5.54. The highest BCUT2D eigenvalue weighted by molar-refractivity contribution is 6.34. The molecule has 0 radical (unpaired) electrons. The van der Waals surface area contributed by atoms with Crippen LogP contribution in [0, 0.1) is 0 Å². The Kier molecular flexibility index (Phi) is 5.17. The van der Waals surface area contributed by atoms with E-state index in [1.807, 2.05) is 0 Å². The number of benzene rings is 1. The molecular formula is C15H15Cl2F2N3O2. The summed E-state index contributed by atoms with van der Waals surface area (Å²) in [5.74, 6) is -6.18. The fourth-order valence-electron chi connectivity index (χ4n) is 2.17. The molecular weight excluding hydrogens is 363 g/mol. The largest absolute Gasteiger partial charge is 0.394 e.